The third-order valence-corrected chi connectivity index (χ3v) is 5.20. The molecule has 2 N–H and O–H groups in total. The van der Waals surface area contributed by atoms with E-state index in [0.717, 1.165) is 12.8 Å². The molecule has 6 heteroatoms. The summed E-state index contributed by atoms with van der Waals surface area (Å²) in [6.45, 7) is 1.57. The van der Waals surface area contributed by atoms with Gasteiger partial charge < -0.3 is 4.84 Å². The molecule has 1 aromatic rings. The summed E-state index contributed by atoms with van der Waals surface area (Å²) < 4.78 is 26.2. The highest BCUT2D eigenvalue weighted by Gasteiger charge is 2.29. The Labute approximate surface area is 108 Å². The van der Waals surface area contributed by atoms with Gasteiger partial charge in [-0.25, -0.2) is 14.3 Å². The van der Waals surface area contributed by atoms with Crippen LogP contribution in [-0.4, -0.2) is 32.4 Å². The summed E-state index contributed by atoms with van der Waals surface area (Å²) in [5, 5.41) is 0. The minimum Gasteiger partial charge on any atom is -0.304 e. The Kier molecular flexibility index (Phi) is 4.34. The summed E-state index contributed by atoms with van der Waals surface area (Å²) in [5.74, 6) is 5.40. The lowest BCUT2D eigenvalue weighted by molar-refractivity contribution is 0.0805. The van der Waals surface area contributed by atoms with Crippen LogP contribution in [0.5, 0.6) is 0 Å². The molecule has 0 radical (unpaired) electrons. The number of piperidine rings is 1. The Balaban J connectivity index is 2.05. The largest absolute Gasteiger partial charge is 0.304 e. The van der Waals surface area contributed by atoms with Gasteiger partial charge in [-0.3, -0.25) is 0 Å². The molecule has 1 fully saturated rings. The van der Waals surface area contributed by atoms with Crippen molar-refractivity contribution in [2.45, 2.75) is 17.7 Å². The average Bonchev–Trinajstić information content (AvgIpc) is 2.41. The highest BCUT2D eigenvalue weighted by Crippen LogP contribution is 2.23. The van der Waals surface area contributed by atoms with Gasteiger partial charge in [0.25, 0.3) is 0 Å². The van der Waals surface area contributed by atoms with E-state index in [-0.39, 0.29) is 0 Å². The maximum Gasteiger partial charge on any atom is 0.243 e. The molecule has 0 atom stereocenters. The molecule has 1 heterocycles. The molecule has 5 nitrogen and oxygen atoms in total. The number of rotatable bonds is 4. The smallest absolute Gasteiger partial charge is 0.243 e. The van der Waals surface area contributed by atoms with Gasteiger partial charge in [0.1, 0.15) is 0 Å². The number of nitrogens with two attached hydrogens (primary N) is 1. The molecule has 0 spiro atoms. The van der Waals surface area contributed by atoms with E-state index in [2.05, 4.69) is 4.84 Å². The topological polar surface area (TPSA) is 72.6 Å². The highest BCUT2D eigenvalue weighted by atomic mass is 32.2. The summed E-state index contributed by atoms with van der Waals surface area (Å²) in [7, 11) is -3.34. The molecular formula is C12H18N2O3S. The third kappa shape index (κ3) is 2.89. The van der Waals surface area contributed by atoms with Gasteiger partial charge in [0.05, 0.1) is 11.5 Å². The fourth-order valence-corrected chi connectivity index (χ4v) is 3.68. The summed E-state index contributed by atoms with van der Waals surface area (Å²) >= 11 is 0. The van der Waals surface area contributed by atoms with Crippen molar-refractivity contribution >= 4 is 10.0 Å². The lowest BCUT2D eigenvalue weighted by atomic mass is 9.99. The maximum absolute atomic E-state index is 12.3. The Hall–Kier alpha value is -0.950. The van der Waals surface area contributed by atoms with Gasteiger partial charge in [-0.15, -0.1) is 0 Å². The van der Waals surface area contributed by atoms with Crippen LogP contribution in [-0.2, 0) is 14.9 Å². The van der Waals surface area contributed by atoms with Gasteiger partial charge in [0, 0.05) is 13.1 Å². The normalized spacial score (nSPS) is 18.9. The average molecular weight is 270 g/mol. The molecule has 0 saturated carbocycles. The Morgan fingerprint density at radius 3 is 2.39 bits per heavy atom. The summed E-state index contributed by atoms with van der Waals surface area (Å²) in [6.07, 6.45) is 1.59. The van der Waals surface area contributed by atoms with E-state index in [1.54, 1.807) is 24.3 Å². The predicted octanol–water partition coefficient (Wildman–Crippen LogP) is 0.978. The number of nitrogens with zero attached hydrogens (tertiary/aromatic N) is 1. The van der Waals surface area contributed by atoms with E-state index in [1.807, 2.05) is 6.07 Å². The molecule has 18 heavy (non-hydrogen) atoms. The van der Waals surface area contributed by atoms with Crippen LogP contribution < -0.4 is 5.90 Å². The molecule has 0 aliphatic carbocycles. The summed E-state index contributed by atoms with van der Waals surface area (Å²) in [5.41, 5.74) is 0. The van der Waals surface area contributed by atoms with Gasteiger partial charge in [-0.05, 0) is 30.9 Å². The van der Waals surface area contributed by atoms with Crippen LogP contribution >= 0.6 is 0 Å². The minimum absolute atomic E-state index is 0.359. The zero-order valence-corrected chi connectivity index (χ0v) is 11.0. The van der Waals surface area contributed by atoms with Crippen molar-refractivity contribution in [1.82, 2.24) is 4.31 Å². The monoisotopic (exact) mass is 270 g/mol. The van der Waals surface area contributed by atoms with Crippen LogP contribution in [0, 0.1) is 5.92 Å². The fourth-order valence-electron chi connectivity index (χ4n) is 2.19. The van der Waals surface area contributed by atoms with E-state index >= 15 is 0 Å². The summed E-state index contributed by atoms with van der Waals surface area (Å²) in [6, 6.07) is 8.54. The first kappa shape index (κ1) is 13.5. The van der Waals surface area contributed by atoms with E-state index in [9.17, 15) is 8.42 Å². The van der Waals surface area contributed by atoms with E-state index < -0.39 is 10.0 Å². The Morgan fingerprint density at radius 2 is 1.83 bits per heavy atom. The lowest BCUT2D eigenvalue weighted by Gasteiger charge is -2.30. The maximum atomic E-state index is 12.3. The highest BCUT2D eigenvalue weighted by molar-refractivity contribution is 7.89. The Morgan fingerprint density at radius 1 is 1.22 bits per heavy atom. The predicted molar refractivity (Wildman–Crippen MR) is 68.1 cm³/mol. The SMILES string of the molecule is NOCC1CCN(S(=O)(=O)c2ccccc2)CC1. The second-order valence-electron chi connectivity index (χ2n) is 4.49. The second-order valence-corrected chi connectivity index (χ2v) is 6.43. The summed E-state index contributed by atoms with van der Waals surface area (Å²) in [4.78, 5) is 4.98. The van der Waals surface area contributed by atoms with Crippen molar-refractivity contribution in [3.05, 3.63) is 30.3 Å². The van der Waals surface area contributed by atoms with Crippen LogP contribution in [0.1, 0.15) is 12.8 Å². The van der Waals surface area contributed by atoms with Crippen LogP contribution in [0.25, 0.3) is 0 Å². The molecule has 1 aliphatic heterocycles. The van der Waals surface area contributed by atoms with Crippen LogP contribution in [0.15, 0.2) is 35.2 Å². The first-order chi connectivity index (χ1) is 8.64. The van der Waals surface area contributed by atoms with Crippen molar-refractivity contribution < 1.29 is 13.3 Å². The van der Waals surface area contributed by atoms with Gasteiger partial charge >= 0.3 is 0 Å². The number of benzene rings is 1. The fraction of sp³-hybridized carbons (Fsp3) is 0.500. The zero-order valence-electron chi connectivity index (χ0n) is 10.2. The number of sulfonamides is 1. The zero-order chi connectivity index (χ0) is 13.0. The lowest BCUT2D eigenvalue weighted by Crippen LogP contribution is -2.39. The van der Waals surface area contributed by atoms with Gasteiger partial charge in [-0.2, -0.15) is 4.31 Å². The van der Waals surface area contributed by atoms with E-state index in [4.69, 9.17) is 5.90 Å². The van der Waals surface area contributed by atoms with Crippen molar-refractivity contribution in [3.63, 3.8) is 0 Å². The van der Waals surface area contributed by atoms with Crippen molar-refractivity contribution in [2.24, 2.45) is 11.8 Å². The molecule has 1 saturated heterocycles. The minimum atomic E-state index is -3.34. The molecular weight excluding hydrogens is 252 g/mol. The first-order valence-corrected chi connectivity index (χ1v) is 7.45. The molecule has 0 bridgehead atoms. The van der Waals surface area contributed by atoms with Crippen LogP contribution in [0.2, 0.25) is 0 Å². The quantitative estimate of drug-likeness (QED) is 0.828. The molecule has 0 amide bonds. The molecule has 0 unspecified atom stereocenters. The first-order valence-electron chi connectivity index (χ1n) is 6.01. The van der Waals surface area contributed by atoms with Crippen LogP contribution in [0.4, 0.5) is 0 Å². The van der Waals surface area contributed by atoms with Crippen molar-refractivity contribution in [1.29, 1.82) is 0 Å². The molecule has 0 aromatic heterocycles. The van der Waals surface area contributed by atoms with Gasteiger partial charge in [0.2, 0.25) is 10.0 Å². The van der Waals surface area contributed by atoms with E-state index in [1.165, 1.54) is 4.31 Å². The van der Waals surface area contributed by atoms with E-state index in [0.29, 0.717) is 30.5 Å². The van der Waals surface area contributed by atoms with Gasteiger partial charge in [-0.1, -0.05) is 18.2 Å². The standard InChI is InChI=1S/C12H18N2O3S/c13-17-10-11-6-8-14(9-7-11)18(15,16)12-4-2-1-3-5-12/h1-5,11H,6-10,13H2. The molecule has 100 valence electrons. The second kappa shape index (κ2) is 5.79. The molecule has 2 rings (SSSR count). The number of hydrogen-bond donors (Lipinski definition) is 1. The van der Waals surface area contributed by atoms with Crippen molar-refractivity contribution in [3.8, 4) is 0 Å². The van der Waals surface area contributed by atoms with Gasteiger partial charge in [0.15, 0.2) is 0 Å². The van der Waals surface area contributed by atoms with Crippen molar-refractivity contribution in [2.75, 3.05) is 19.7 Å². The Bertz CT molecular complexity index is 467. The number of hydrogen-bond acceptors (Lipinski definition) is 4. The molecule has 1 aromatic carbocycles. The third-order valence-electron chi connectivity index (χ3n) is 3.29. The molecule has 1 aliphatic rings. The van der Waals surface area contributed by atoms with Crippen LogP contribution in [0.3, 0.4) is 0 Å².